The van der Waals surface area contributed by atoms with E-state index < -0.39 is 40.3 Å². The van der Waals surface area contributed by atoms with Gasteiger partial charge < -0.3 is 15.3 Å². The summed E-state index contributed by atoms with van der Waals surface area (Å²) in [5.74, 6) is -2.94. The lowest BCUT2D eigenvalue weighted by molar-refractivity contribution is -0.160. The van der Waals surface area contributed by atoms with Crippen LogP contribution in [-0.4, -0.2) is 52.9 Å². The molecule has 10 nitrogen and oxygen atoms in total. The minimum atomic E-state index is -4.73. The van der Waals surface area contributed by atoms with Crippen molar-refractivity contribution in [2.45, 2.75) is 38.8 Å². The van der Waals surface area contributed by atoms with E-state index in [0.717, 1.165) is 16.7 Å². The van der Waals surface area contributed by atoms with E-state index in [1.807, 2.05) is 0 Å². The first-order chi connectivity index (χ1) is 12.1. The van der Waals surface area contributed by atoms with Crippen molar-refractivity contribution < 1.29 is 36.6 Å². The van der Waals surface area contributed by atoms with Crippen molar-refractivity contribution in [2.75, 3.05) is 0 Å². The molecule has 0 bridgehead atoms. The summed E-state index contributed by atoms with van der Waals surface area (Å²) in [6.45, 7) is 3.00. The Morgan fingerprint density at radius 1 is 1.50 bits per heavy atom. The molecular weight excluding hydrogens is 388 g/mol. The van der Waals surface area contributed by atoms with E-state index in [0.29, 0.717) is 11.3 Å². The summed E-state index contributed by atoms with van der Waals surface area (Å²) < 4.78 is 34.9. The molecule has 12 heteroatoms. The molecule has 0 aromatic heterocycles. The van der Waals surface area contributed by atoms with Gasteiger partial charge in [-0.1, -0.05) is 18.7 Å². The van der Waals surface area contributed by atoms with Crippen LogP contribution in [0.5, 0.6) is 0 Å². The van der Waals surface area contributed by atoms with E-state index >= 15 is 0 Å². The zero-order valence-electron chi connectivity index (χ0n) is 13.9. The van der Waals surface area contributed by atoms with Crippen molar-refractivity contribution in [3.8, 4) is 0 Å². The highest BCUT2D eigenvalue weighted by atomic mass is 32.3. The van der Waals surface area contributed by atoms with Gasteiger partial charge in [-0.25, -0.2) is 8.98 Å². The lowest BCUT2D eigenvalue weighted by Gasteiger charge is -2.45. The molecule has 2 rings (SSSR count). The number of aliphatic carboxylic acids is 1. The highest BCUT2D eigenvalue weighted by molar-refractivity contribution is 8.05. The summed E-state index contributed by atoms with van der Waals surface area (Å²) in [6.07, 6.45) is 0.753. The second-order valence-corrected chi connectivity index (χ2v) is 7.70. The fraction of sp³-hybridized carbons (Fsp3) is 0.500. The lowest BCUT2D eigenvalue weighted by Crippen LogP contribution is -2.62. The van der Waals surface area contributed by atoms with Crippen LogP contribution in [0.2, 0.25) is 0 Å². The average Bonchev–Trinajstić information content (AvgIpc) is 2.84. The summed E-state index contributed by atoms with van der Waals surface area (Å²) in [5, 5.41) is 13.4. The Labute approximate surface area is 154 Å². The number of hydrogen-bond donors (Lipinski definition) is 3. The van der Waals surface area contributed by atoms with E-state index in [1.165, 1.54) is 18.5 Å². The predicted octanol–water partition coefficient (Wildman–Crippen LogP) is 0.452. The largest absolute Gasteiger partial charge is 0.477 e. The molecule has 0 saturated carbocycles. The third-order valence-corrected chi connectivity index (χ3v) is 5.46. The third kappa shape index (κ3) is 4.26. The van der Waals surface area contributed by atoms with Crippen LogP contribution >= 0.6 is 11.8 Å². The highest BCUT2D eigenvalue weighted by Gasteiger charge is 2.57. The van der Waals surface area contributed by atoms with Gasteiger partial charge in [0.15, 0.2) is 0 Å². The summed E-state index contributed by atoms with van der Waals surface area (Å²) in [4.78, 5) is 36.4. The Bertz CT molecular complexity index is 789. The Hall–Kier alpha value is -1.89. The van der Waals surface area contributed by atoms with Gasteiger partial charge in [0.05, 0.1) is 18.1 Å². The molecule has 2 aliphatic rings. The molecule has 0 aliphatic carbocycles. The van der Waals surface area contributed by atoms with Crippen LogP contribution in [0.1, 0.15) is 26.7 Å². The van der Waals surface area contributed by atoms with E-state index in [-0.39, 0.29) is 18.0 Å². The molecule has 3 atom stereocenters. The Morgan fingerprint density at radius 3 is 2.69 bits per heavy atom. The molecule has 144 valence electrons. The first kappa shape index (κ1) is 20.4. The normalized spacial score (nSPS) is 23.8. The van der Waals surface area contributed by atoms with E-state index in [9.17, 15) is 27.9 Å². The molecule has 2 amide bonds. The van der Waals surface area contributed by atoms with Crippen LogP contribution in [0.4, 0.5) is 0 Å². The fourth-order valence-electron chi connectivity index (χ4n) is 2.92. The van der Waals surface area contributed by atoms with Gasteiger partial charge >= 0.3 is 16.4 Å². The van der Waals surface area contributed by atoms with Crippen molar-refractivity contribution in [3.05, 3.63) is 22.2 Å². The molecule has 26 heavy (non-hydrogen) atoms. The van der Waals surface area contributed by atoms with Gasteiger partial charge in [0.1, 0.15) is 5.70 Å². The first-order valence-corrected chi connectivity index (χ1v) is 9.87. The summed E-state index contributed by atoms with van der Waals surface area (Å²) >= 11 is 1.05. The number of fused-ring (bicyclic) bond motifs is 1. The standard InChI is InChI=1S/C14H18N2O8S2/c1-3-10(17)15-4-5-25-9-6-8-11(7(2)24-26(21,22)23)13(18)16(8)12(9)14(19)20/h4-5,7-8,11H,3,6H2,1-2H3,(H,15,17)(H,19,20)(H,21,22,23)/b5-4+/t7-,8+,11-/m0/s1. The van der Waals surface area contributed by atoms with Crippen LogP contribution in [0.3, 0.4) is 0 Å². The predicted molar refractivity (Wildman–Crippen MR) is 90.7 cm³/mol. The highest BCUT2D eigenvalue weighted by Crippen LogP contribution is 2.47. The maximum atomic E-state index is 12.3. The van der Waals surface area contributed by atoms with E-state index in [1.54, 1.807) is 6.92 Å². The minimum absolute atomic E-state index is 0.174. The number of carbonyl (C=O) groups excluding carboxylic acids is 2. The van der Waals surface area contributed by atoms with Crippen molar-refractivity contribution in [1.82, 2.24) is 10.2 Å². The zero-order valence-corrected chi connectivity index (χ0v) is 15.5. The van der Waals surface area contributed by atoms with Gasteiger partial charge in [-0.3, -0.25) is 14.1 Å². The molecule has 2 heterocycles. The number of nitrogens with zero attached hydrogens (tertiary/aromatic N) is 1. The molecule has 2 aliphatic heterocycles. The number of hydrogen-bond acceptors (Lipinski definition) is 7. The first-order valence-electron chi connectivity index (χ1n) is 7.63. The fourth-order valence-corrected chi connectivity index (χ4v) is 4.29. The van der Waals surface area contributed by atoms with Gasteiger partial charge in [-0.15, -0.1) is 0 Å². The zero-order chi connectivity index (χ0) is 19.6. The average molecular weight is 406 g/mol. The second-order valence-electron chi connectivity index (χ2n) is 5.65. The number of carboxylic acid groups (broad SMARTS) is 1. The van der Waals surface area contributed by atoms with E-state index in [4.69, 9.17) is 4.55 Å². The lowest BCUT2D eigenvalue weighted by atomic mass is 9.83. The van der Waals surface area contributed by atoms with Gasteiger partial charge in [0.25, 0.3) is 0 Å². The van der Waals surface area contributed by atoms with Crippen LogP contribution in [0.25, 0.3) is 0 Å². The molecular formula is C14H18N2O8S2. The third-order valence-electron chi connectivity index (χ3n) is 3.99. The number of amides is 2. The van der Waals surface area contributed by atoms with Gasteiger partial charge in [-0.05, 0) is 12.3 Å². The number of carbonyl (C=O) groups is 3. The van der Waals surface area contributed by atoms with Gasteiger partial charge in [-0.2, -0.15) is 8.42 Å². The van der Waals surface area contributed by atoms with Crippen molar-refractivity contribution in [3.63, 3.8) is 0 Å². The number of thioether (sulfide) groups is 1. The number of rotatable bonds is 8. The Morgan fingerprint density at radius 2 is 2.15 bits per heavy atom. The van der Waals surface area contributed by atoms with Crippen LogP contribution < -0.4 is 5.32 Å². The molecule has 0 radical (unpaired) electrons. The Balaban J connectivity index is 2.11. The second kappa shape index (κ2) is 7.78. The SMILES string of the molecule is CCC(=O)N/C=C/SC1=C(C(=O)O)N2C(=O)[C@@H]([C@H](C)OS(=O)(=O)O)[C@H]2C1. The van der Waals surface area contributed by atoms with Crippen molar-refractivity contribution in [2.24, 2.45) is 5.92 Å². The van der Waals surface area contributed by atoms with Crippen LogP contribution in [-0.2, 0) is 29.0 Å². The molecule has 0 aromatic carbocycles. The topological polar surface area (TPSA) is 150 Å². The molecule has 1 saturated heterocycles. The van der Waals surface area contributed by atoms with Crippen molar-refractivity contribution in [1.29, 1.82) is 0 Å². The van der Waals surface area contributed by atoms with Crippen molar-refractivity contribution >= 4 is 39.9 Å². The smallest absolute Gasteiger partial charge is 0.397 e. The molecule has 0 spiro atoms. The molecule has 3 N–H and O–H groups in total. The number of nitrogens with one attached hydrogen (secondary N) is 1. The Kier molecular flexibility index (Phi) is 6.11. The van der Waals surface area contributed by atoms with E-state index in [2.05, 4.69) is 9.50 Å². The molecule has 1 fully saturated rings. The van der Waals surface area contributed by atoms with Gasteiger partial charge in [0, 0.05) is 23.9 Å². The number of carboxylic acids is 1. The number of β-lactam (4-membered cyclic amide) rings is 1. The van der Waals surface area contributed by atoms with Crippen LogP contribution in [0.15, 0.2) is 22.2 Å². The molecule has 0 unspecified atom stereocenters. The van der Waals surface area contributed by atoms with Crippen LogP contribution in [0, 0.1) is 5.92 Å². The van der Waals surface area contributed by atoms with Gasteiger partial charge in [0.2, 0.25) is 11.8 Å². The summed E-state index contributed by atoms with van der Waals surface area (Å²) in [7, 11) is -4.73. The monoisotopic (exact) mass is 406 g/mol. The maximum absolute atomic E-state index is 12.3. The maximum Gasteiger partial charge on any atom is 0.397 e. The summed E-state index contributed by atoms with van der Waals surface area (Å²) in [6, 6.07) is -0.563. The molecule has 0 aromatic rings. The minimum Gasteiger partial charge on any atom is -0.477 e. The quantitative estimate of drug-likeness (QED) is 0.385. The summed E-state index contributed by atoms with van der Waals surface area (Å²) in [5.41, 5.74) is -0.174.